The lowest BCUT2D eigenvalue weighted by Crippen LogP contribution is -2.58. The number of thioether (sulfide) groups is 1. The molecule has 0 radical (unpaired) electrons. The smallest absolute Gasteiger partial charge is 0.310 e. The van der Waals surface area contributed by atoms with Crippen LogP contribution in [0.3, 0.4) is 0 Å². The van der Waals surface area contributed by atoms with E-state index < -0.39 is 34.6 Å². The van der Waals surface area contributed by atoms with Crippen LogP contribution in [0.2, 0.25) is 5.02 Å². The first kappa shape index (κ1) is 31.8. The zero-order valence-electron chi connectivity index (χ0n) is 23.8. The van der Waals surface area contributed by atoms with Crippen LogP contribution >= 0.6 is 39.3 Å². The van der Waals surface area contributed by atoms with Crippen LogP contribution in [0.15, 0.2) is 79.9 Å². The largest absolute Gasteiger partial charge is 0.465 e. The lowest BCUT2D eigenvalue weighted by Gasteiger charge is -2.40. The zero-order chi connectivity index (χ0) is 30.7. The van der Waals surface area contributed by atoms with Crippen molar-refractivity contribution in [3.8, 4) is 0 Å². The summed E-state index contributed by atoms with van der Waals surface area (Å²) in [6.07, 6.45) is 5.67. The molecule has 3 aliphatic rings. The van der Waals surface area contributed by atoms with Crippen molar-refractivity contribution in [1.29, 1.82) is 0 Å². The summed E-state index contributed by atoms with van der Waals surface area (Å²) in [6, 6.07) is 15.0. The number of benzene rings is 2. The second-order valence-electron chi connectivity index (χ2n) is 11.2. The predicted molar refractivity (Wildman–Crippen MR) is 174 cm³/mol. The van der Waals surface area contributed by atoms with Crippen molar-refractivity contribution >= 4 is 62.8 Å². The van der Waals surface area contributed by atoms with Crippen LogP contribution in [0.5, 0.6) is 0 Å². The van der Waals surface area contributed by atoms with Gasteiger partial charge in [0.2, 0.25) is 5.91 Å². The van der Waals surface area contributed by atoms with E-state index in [1.807, 2.05) is 30.3 Å². The van der Waals surface area contributed by atoms with Gasteiger partial charge in [0.1, 0.15) is 6.04 Å². The average Bonchev–Trinajstić information content (AvgIpc) is 3.61. The minimum absolute atomic E-state index is 0.0902. The number of ether oxygens (including phenoxy) is 1. The first-order chi connectivity index (χ1) is 20.8. The number of likely N-dealkylation sites (tertiary alicyclic amines) is 1. The number of amides is 2. The number of carbonyl (C=O) groups is 3. The van der Waals surface area contributed by atoms with Gasteiger partial charge in [-0.3, -0.25) is 14.4 Å². The molecule has 2 aromatic carbocycles. The van der Waals surface area contributed by atoms with Crippen molar-refractivity contribution < 1.29 is 24.2 Å². The van der Waals surface area contributed by atoms with Crippen LogP contribution in [0, 0.1) is 11.8 Å². The van der Waals surface area contributed by atoms with Gasteiger partial charge in [-0.2, -0.15) is 0 Å². The number of rotatable bonds is 13. The van der Waals surface area contributed by atoms with E-state index in [4.69, 9.17) is 16.3 Å². The van der Waals surface area contributed by atoms with Gasteiger partial charge in [-0.15, -0.1) is 24.9 Å². The Kier molecular flexibility index (Phi) is 10.1. The molecule has 0 aliphatic carbocycles. The van der Waals surface area contributed by atoms with Crippen LogP contribution in [-0.2, 0) is 25.5 Å². The number of nitrogens with zero attached hydrogens (tertiary/aromatic N) is 2. The topological polar surface area (TPSA) is 87.1 Å². The van der Waals surface area contributed by atoms with Crippen molar-refractivity contribution in [2.75, 3.05) is 24.7 Å². The van der Waals surface area contributed by atoms with Gasteiger partial charge in [-0.25, -0.2) is 0 Å². The molecular weight excluding hydrogens is 652 g/mol. The summed E-state index contributed by atoms with van der Waals surface area (Å²) in [5.74, 6) is -2.44. The number of fused-ring (bicyclic) bond motifs is 1. The number of aliphatic hydroxyl groups is 1. The number of hydrogen-bond acceptors (Lipinski definition) is 6. The monoisotopic (exact) mass is 686 g/mol. The molecule has 3 heterocycles. The molecule has 0 aromatic heterocycles. The highest BCUT2D eigenvalue weighted by molar-refractivity contribution is 9.09. The summed E-state index contributed by atoms with van der Waals surface area (Å²) in [5.41, 5.74) is 1.56. The van der Waals surface area contributed by atoms with Crippen LogP contribution in [0.4, 0.5) is 5.69 Å². The molecule has 1 spiro atoms. The van der Waals surface area contributed by atoms with Gasteiger partial charge in [0.05, 0.1) is 35.8 Å². The molecule has 7 atom stereocenters. The Morgan fingerprint density at radius 1 is 1.19 bits per heavy atom. The van der Waals surface area contributed by atoms with E-state index in [2.05, 4.69) is 29.1 Å². The molecule has 2 bridgehead atoms. The van der Waals surface area contributed by atoms with E-state index >= 15 is 0 Å². The number of aliphatic hydroxyl groups excluding tert-OH is 1. The average molecular weight is 688 g/mol. The maximum absolute atomic E-state index is 14.8. The normalized spacial score (nSPS) is 27.9. The fraction of sp³-hybridized carbons (Fsp3) is 0.424. The van der Waals surface area contributed by atoms with Crippen molar-refractivity contribution in [2.45, 2.75) is 52.6 Å². The summed E-state index contributed by atoms with van der Waals surface area (Å²) < 4.78 is 4.82. The number of hydrogen-bond donors (Lipinski definition) is 1. The molecule has 1 N–H and O–H groups in total. The quantitative estimate of drug-likeness (QED) is 0.131. The Bertz CT molecular complexity index is 1360. The summed E-state index contributed by atoms with van der Waals surface area (Å²) in [7, 11) is 0. The number of halogens is 2. The fourth-order valence-electron chi connectivity index (χ4n) is 6.86. The lowest BCUT2D eigenvalue weighted by molar-refractivity contribution is -0.154. The number of unbranched alkanes of at least 4 members (excludes halogenated alkanes) is 1. The summed E-state index contributed by atoms with van der Waals surface area (Å²) >= 11 is 11.5. The molecule has 2 amide bonds. The summed E-state index contributed by atoms with van der Waals surface area (Å²) in [4.78, 5) is 46.1. The maximum atomic E-state index is 14.8. The first-order valence-electron chi connectivity index (χ1n) is 14.5. The van der Waals surface area contributed by atoms with E-state index in [0.29, 0.717) is 30.0 Å². The molecule has 228 valence electrons. The Labute approximate surface area is 270 Å². The molecule has 5 rings (SSSR count). The summed E-state index contributed by atoms with van der Waals surface area (Å²) in [5, 5.41) is 11.0. The van der Waals surface area contributed by atoms with Crippen LogP contribution in [0.1, 0.15) is 24.8 Å². The molecule has 3 aliphatic heterocycles. The van der Waals surface area contributed by atoms with Gasteiger partial charge in [0.15, 0.2) is 0 Å². The number of alkyl halides is 1. The van der Waals surface area contributed by atoms with Crippen LogP contribution in [0.25, 0.3) is 0 Å². The number of anilines is 1. The molecule has 3 unspecified atom stereocenters. The molecule has 10 heteroatoms. The van der Waals surface area contributed by atoms with E-state index in [-0.39, 0.29) is 41.6 Å². The maximum Gasteiger partial charge on any atom is 0.310 e. The summed E-state index contributed by atoms with van der Waals surface area (Å²) in [6.45, 7) is 7.71. The Morgan fingerprint density at radius 2 is 1.91 bits per heavy atom. The van der Waals surface area contributed by atoms with Crippen molar-refractivity contribution in [1.82, 2.24) is 4.90 Å². The standard InChI is InChI=1S/C33H36BrClN2O5S/c1-3-5-9-17-42-32(41)26-27-30(39)37(24(20-38)18-21-10-7-6-8-11-21)29(33(27)19-25(34)28(26)43-33)31(40)36(16-4-2)23-14-12-22(35)13-15-23/h3-4,6-8,10-15,24-29,38H,1-2,5,9,16-20H2/t24-,25?,26+,27+,28+,29?,33?/m1/s1. The SMILES string of the molecule is C=CCCCOC(=O)[C@H]1[C@H]2C(=O)N([C@@H](CO)Cc3ccccc3)C(C(=O)N(CC=C)c3ccc(Cl)cc3)C23CC(Br)[C@@H]1S3. The predicted octanol–water partition coefficient (Wildman–Crippen LogP) is 5.44. The highest BCUT2D eigenvalue weighted by Gasteiger charge is 2.76. The fourth-order valence-corrected chi connectivity index (χ4v) is 10.6. The third-order valence-electron chi connectivity index (χ3n) is 8.66. The van der Waals surface area contributed by atoms with Gasteiger partial charge in [0.25, 0.3) is 5.91 Å². The molecule has 3 saturated heterocycles. The van der Waals surface area contributed by atoms with Crippen molar-refractivity contribution in [3.63, 3.8) is 0 Å². The molecule has 43 heavy (non-hydrogen) atoms. The Morgan fingerprint density at radius 3 is 2.56 bits per heavy atom. The van der Waals surface area contributed by atoms with Gasteiger partial charge < -0.3 is 19.6 Å². The van der Waals surface area contributed by atoms with Gasteiger partial charge in [-0.05, 0) is 55.5 Å². The first-order valence-corrected chi connectivity index (χ1v) is 16.7. The zero-order valence-corrected chi connectivity index (χ0v) is 27.0. The second kappa shape index (κ2) is 13.6. The van der Waals surface area contributed by atoms with Crippen molar-refractivity contribution in [3.05, 3.63) is 90.5 Å². The second-order valence-corrected chi connectivity index (χ2v) is 14.4. The third kappa shape index (κ3) is 5.93. The molecular formula is C33H36BrClN2O5S. The molecule has 0 saturated carbocycles. The third-order valence-corrected chi connectivity index (χ3v) is 12.1. The van der Waals surface area contributed by atoms with Gasteiger partial charge in [0, 0.05) is 27.3 Å². The molecule has 2 aromatic rings. The minimum atomic E-state index is -0.921. The highest BCUT2D eigenvalue weighted by Crippen LogP contribution is 2.68. The number of esters is 1. The Balaban J connectivity index is 1.57. The highest BCUT2D eigenvalue weighted by atomic mass is 79.9. The van der Waals surface area contributed by atoms with E-state index in [1.54, 1.807) is 58.0 Å². The van der Waals surface area contributed by atoms with Crippen LogP contribution in [-0.4, -0.2) is 74.5 Å². The van der Waals surface area contributed by atoms with Crippen molar-refractivity contribution in [2.24, 2.45) is 11.8 Å². The Hall–Kier alpha value is -2.59. The molecule has 7 nitrogen and oxygen atoms in total. The van der Waals surface area contributed by atoms with E-state index in [0.717, 1.165) is 12.0 Å². The van der Waals surface area contributed by atoms with Gasteiger partial charge in [-0.1, -0.05) is 70.0 Å². The van der Waals surface area contributed by atoms with E-state index in [9.17, 15) is 19.5 Å². The van der Waals surface area contributed by atoms with Gasteiger partial charge >= 0.3 is 5.97 Å². The number of allylic oxidation sites excluding steroid dienone is 1. The van der Waals surface area contributed by atoms with E-state index in [1.165, 1.54) is 0 Å². The number of carbonyl (C=O) groups excluding carboxylic acids is 3. The van der Waals surface area contributed by atoms with Crippen LogP contribution < -0.4 is 4.90 Å². The minimum Gasteiger partial charge on any atom is -0.465 e. The molecule has 3 fully saturated rings. The lowest BCUT2D eigenvalue weighted by atomic mass is 9.71.